The summed E-state index contributed by atoms with van der Waals surface area (Å²) < 4.78 is 0. The van der Waals surface area contributed by atoms with Gasteiger partial charge in [-0.2, -0.15) is 0 Å². The van der Waals surface area contributed by atoms with Gasteiger partial charge in [0.05, 0.1) is 34.2 Å². The van der Waals surface area contributed by atoms with Crippen molar-refractivity contribution >= 4 is 23.1 Å². The maximum Gasteiger partial charge on any atom is 0.303 e. The Kier molecular flexibility index (Phi) is 6.45. The van der Waals surface area contributed by atoms with E-state index in [1.54, 1.807) is 0 Å². The van der Waals surface area contributed by atoms with Gasteiger partial charge in [0, 0.05) is 53.8 Å². The molecule has 0 radical (unpaired) electrons. The van der Waals surface area contributed by atoms with Gasteiger partial charge < -0.3 is 20.6 Å². The number of carbonyl (C=O) groups is 1. The maximum absolute atomic E-state index is 11.5. The van der Waals surface area contributed by atoms with Crippen LogP contribution < -0.4 is 5.32 Å². The summed E-state index contributed by atoms with van der Waals surface area (Å²) in [6, 6.07) is 0. The highest BCUT2D eigenvalue weighted by atomic mass is 16.4. The van der Waals surface area contributed by atoms with Crippen LogP contribution >= 0.6 is 0 Å². The standard InChI is InChI=1S/C32H34N4O4/c1-5-20-15(2)24-13-26-18(8-9-37)10-19(33-26)11-23-16(3)21(6-7-29(39)40)31(35-23)22-12-28(38)30-17(4)25(36-32(22)30)14-27(20)34-24/h10-11,13-14,16,21,35,37-38H,5-9,12H2,1-4H3,(H,39,40)/t16-,21-/m0/s1. The average molecular weight is 539 g/mol. The highest BCUT2D eigenvalue weighted by Gasteiger charge is 2.41. The number of rotatable bonds is 6. The summed E-state index contributed by atoms with van der Waals surface area (Å²) in [7, 11) is 0. The summed E-state index contributed by atoms with van der Waals surface area (Å²) in [6.07, 6.45) is 10.2. The smallest absolute Gasteiger partial charge is 0.303 e. The molecular weight excluding hydrogens is 504 g/mol. The third kappa shape index (κ3) is 4.18. The van der Waals surface area contributed by atoms with E-state index in [-0.39, 0.29) is 24.9 Å². The normalized spacial score (nSPS) is 25.2. The number of aliphatic hydroxyl groups excluding tert-OH is 2. The molecule has 40 heavy (non-hydrogen) atoms. The minimum atomic E-state index is -0.831. The first-order valence-electron chi connectivity index (χ1n) is 14.0. The van der Waals surface area contributed by atoms with E-state index in [1.807, 2.05) is 31.2 Å². The Balaban J connectivity index is 1.58. The van der Waals surface area contributed by atoms with E-state index in [2.05, 4.69) is 26.1 Å². The summed E-state index contributed by atoms with van der Waals surface area (Å²) >= 11 is 0. The van der Waals surface area contributed by atoms with Crippen LogP contribution in [0.3, 0.4) is 0 Å². The second-order valence-electron chi connectivity index (χ2n) is 11.1. The summed E-state index contributed by atoms with van der Waals surface area (Å²) in [5, 5.41) is 33.9. The van der Waals surface area contributed by atoms with E-state index in [4.69, 9.17) is 15.0 Å². The monoisotopic (exact) mass is 538 g/mol. The third-order valence-corrected chi connectivity index (χ3v) is 8.76. The van der Waals surface area contributed by atoms with Crippen molar-refractivity contribution in [2.24, 2.45) is 26.8 Å². The Morgan fingerprint density at radius 2 is 1.88 bits per heavy atom. The van der Waals surface area contributed by atoms with Crippen molar-refractivity contribution in [3.8, 4) is 0 Å². The van der Waals surface area contributed by atoms with Gasteiger partial charge in [-0.15, -0.1) is 0 Å². The Labute approximate surface area is 233 Å². The average Bonchev–Trinajstić information content (AvgIpc) is 3.67. The van der Waals surface area contributed by atoms with Gasteiger partial charge in [-0.05, 0) is 79.7 Å². The number of aliphatic hydroxyl groups is 2. The molecule has 1 fully saturated rings. The largest absolute Gasteiger partial charge is 0.511 e. The number of aliphatic carboxylic acids is 1. The van der Waals surface area contributed by atoms with Crippen LogP contribution in [0.2, 0.25) is 0 Å². The summed E-state index contributed by atoms with van der Waals surface area (Å²) in [6.45, 7) is 8.30. The molecule has 0 aromatic rings. The Morgan fingerprint density at radius 3 is 2.60 bits per heavy atom. The van der Waals surface area contributed by atoms with Crippen molar-refractivity contribution in [3.05, 3.63) is 92.0 Å². The van der Waals surface area contributed by atoms with Gasteiger partial charge in [0.1, 0.15) is 5.76 Å². The van der Waals surface area contributed by atoms with Gasteiger partial charge in [0.25, 0.3) is 0 Å². The van der Waals surface area contributed by atoms with Crippen molar-refractivity contribution < 1.29 is 20.1 Å². The van der Waals surface area contributed by atoms with E-state index < -0.39 is 5.97 Å². The van der Waals surface area contributed by atoms with Crippen LogP contribution in [0.1, 0.15) is 59.8 Å². The lowest BCUT2D eigenvalue weighted by Crippen LogP contribution is -2.15. The van der Waals surface area contributed by atoms with E-state index in [0.717, 1.165) is 85.5 Å². The van der Waals surface area contributed by atoms with Gasteiger partial charge in [-0.1, -0.05) is 13.8 Å². The van der Waals surface area contributed by atoms with Crippen molar-refractivity contribution in [2.45, 2.75) is 59.8 Å². The van der Waals surface area contributed by atoms with Crippen molar-refractivity contribution in [1.82, 2.24) is 5.32 Å². The van der Waals surface area contributed by atoms with Gasteiger partial charge >= 0.3 is 5.97 Å². The molecule has 0 aromatic carbocycles. The molecule has 1 aliphatic carbocycles. The van der Waals surface area contributed by atoms with Crippen molar-refractivity contribution in [3.63, 3.8) is 0 Å². The van der Waals surface area contributed by atoms with Crippen LogP contribution in [0.15, 0.2) is 107 Å². The second-order valence-corrected chi connectivity index (χ2v) is 11.1. The summed E-state index contributed by atoms with van der Waals surface area (Å²) in [4.78, 5) is 26.5. The molecule has 0 saturated carbocycles. The highest BCUT2D eigenvalue weighted by Crippen LogP contribution is 2.46. The lowest BCUT2D eigenvalue weighted by molar-refractivity contribution is -0.137. The molecule has 4 N–H and O–H groups in total. The number of carboxylic acid groups (broad SMARTS) is 1. The molecule has 0 unspecified atom stereocenters. The lowest BCUT2D eigenvalue weighted by Gasteiger charge is -2.17. The van der Waals surface area contributed by atoms with Crippen LogP contribution in [-0.2, 0) is 4.79 Å². The first-order valence-corrected chi connectivity index (χ1v) is 14.0. The molecule has 206 valence electrons. The van der Waals surface area contributed by atoms with Crippen molar-refractivity contribution in [2.75, 3.05) is 6.61 Å². The predicted octanol–water partition coefficient (Wildman–Crippen LogP) is 5.52. The lowest BCUT2D eigenvalue weighted by atomic mass is 9.86. The SMILES string of the molecule is CCC1=C(C)C2=NC1=CC1=C(C)C3=C(O)CC(=C4NC(=CC5=NC(=C2)C(CCO)=C5)[C@@H](C)[C@@H]4CCC(=O)O)C3=N1. The Morgan fingerprint density at radius 1 is 1.07 bits per heavy atom. The fourth-order valence-electron chi connectivity index (χ4n) is 6.58. The highest BCUT2D eigenvalue weighted by molar-refractivity contribution is 6.21. The van der Waals surface area contributed by atoms with E-state index in [9.17, 15) is 20.1 Å². The first-order chi connectivity index (χ1) is 19.2. The molecule has 0 aromatic heterocycles. The number of nitrogens with one attached hydrogen (secondary N) is 1. The van der Waals surface area contributed by atoms with Gasteiger partial charge in [0.2, 0.25) is 0 Å². The number of nitrogens with zero attached hydrogens (tertiary/aromatic N) is 3. The van der Waals surface area contributed by atoms with Crippen molar-refractivity contribution in [1.29, 1.82) is 0 Å². The molecule has 6 rings (SSSR count). The Bertz CT molecular complexity index is 1600. The number of hydrogen-bond donors (Lipinski definition) is 4. The molecule has 0 spiro atoms. The molecule has 8 bridgehead atoms. The fourth-order valence-corrected chi connectivity index (χ4v) is 6.58. The summed E-state index contributed by atoms with van der Waals surface area (Å²) in [5.74, 6) is -0.589. The molecule has 0 amide bonds. The summed E-state index contributed by atoms with van der Waals surface area (Å²) in [5.41, 5.74) is 12.5. The quantitative estimate of drug-likeness (QED) is 0.354. The molecule has 6 aliphatic rings. The topological polar surface area (TPSA) is 127 Å². The van der Waals surface area contributed by atoms with E-state index in [0.29, 0.717) is 25.0 Å². The zero-order valence-electron chi connectivity index (χ0n) is 23.3. The zero-order chi connectivity index (χ0) is 28.3. The second kappa shape index (κ2) is 9.86. The first kappa shape index (κ1) is 26.2. The molecule has 2 atom stereocenters. The molecule has 8 nitrogen and oxygen atoms in total. The van der Waals surface area contributed by atoms with Crippen LogP contribution in [-0.4, -0.2) is 45.0 Å². The van der Waals surface area contributed by atoms with E-state index >= 15 is 0 Å². The molecule has 1 saturated heterocycles. The molecular formula is C32H34N4O4. The minimum absolute atomic E-state index is 0.0176. The number of allylic oxidation sites excluding steroid dienone is 12. The van der Waals surface area contributed by atoms with Crippen LogP contribution in [0, 0.1) is 11.8 Å². The fraction of sp³-hybridized carbons (Fsp3) is 0.375. The number of fused-ring (bicyclic) bond motifs is 5. The van der Waals surface area contributed by atoms with Crippen LogP contribution in [0.4, 0.5) is 0 Å². The maximum atomic E-state index is 11.5. The molecule has 5 heterocycles. The molecule has 8 heteroatoms. The van der Waals surface area contributed by atoms with Crippen LogP contribution in [0.25, 0.3) is 0 Å². The Hall–Kier alpha value is -4.04. The number of carboxylic acids is 1. The third-order valence-electron chi connectivity index (χ3n) is 8.76. The number of hydrogen-bond acceptors (Lipinski definition) is 7. The molecule has 5 aliphatic heterocycles. The minimum Gasteiger partial charge on any atom is -0.511 e. The number of aliphatic imine (C=N–C) groups is 3. The van der Waals surface area contributed by atoms with Gasteiger partial charge in [0.15, 0.2) is 0 Å². The van der Waals surface area contributed by atoms with Gasteiger partial charge in [-0.3, -0.25) is 4.79 Å². The predicted molar refractivity (Wildman–Crippen MR) is 156 cm³/mol. The van der Waals surface area contributed by atoms with Crippen LogP contribution in [0.5, 0.6) is 0 Å². The van der Waals surface area contributed by atoms with Gasteiger partial charge in [-0.25, -0.2) is 15.0 Å². The van der Waals surface area contributed by atoms with E-state index in [1.165, 1.54) is 0 Å². The zero-order valence-corrected chi connectivity index (χ0v) is 23.3.